The summed E-state index contributed by atoms with van der Waals surface area (Å²) in [6, 6.07) is 1.51. The van der Waals surface area contributed by atoms with Gasteiger partial charge in [0, 0.05) is 16.1 Å². The number of nitrogens with one attached hydrogen (secondary N) is 1. The first-order valence-electron chi connectivity index (χ1n) is 3.52. The van der Waals surface area contributed by atoms with Gasteiger partial charge in [-0.15, -0.1) is 0 Å². The van der Waals surface area contributed by atoms with Gasteiger partial charge >= 0.3 is 0 Å². The molecule has 2 rings (SSSR count). The molecule has 0 aromatic carbocycles. The number of fused-ring (bicyclic) bond motifs is 1. The van der Waals surface area contributed by atoms with E-state index in [1.165, 1.54) is 6.07 Å². The maximum atomic E-state index is 10.5. The molecule has 5 heteroatoms. The third kappa shape index (κ3) is 1.31. The van der Waals surface area contributed by atoms with Crippen molar-refractivity contribution in [3.8, 4) is 0 Å². The van der Waals surface area contributed by atoms with Crippen LogP contribution in [0.15, 0.2) is 22.9 Å². The van der Waals surface area contributed by atoms with E-state index in [0.29, 0.717) is 5.52 Å². The number of carboxylic acid groups (broad SMARTS) is 1. The van der Waals surface area contributed by atoms with Crippen molar-refractivity contribution < 1.29 is 9.90 Å². The number of hydrogen-bond acceptors (Lipinski definition) is 3. The highest BCUT2D eigenvalue weighted by Gasteiger charge is 2.03. The molecule has 0 bridgehead atoms. The third-order valence-electron chi connectivity index (χ3n) is 1.72. The highest BCUT2D eigenvalue weighted by Crippen LogP contribution is 2.22. The lowest BCUT2D eigenvalue weighted by atomic mass is 10.3. The zero-order valence-electron chi connectivity index (χ0n) is 6.37. The first-order valence-corrected chi connectivity index (χ1v) is 4.31. The molecule has 0 aliphatic carbocycles. The first-order chi connectivity index (χ1) is 6.18. The lowest BCUT2D eigenvalue weighted by Gasteiger charge is -1.93. The summed E-state index contributed by atoms with van der Waals surface area (Å²) in [6.07, 6.45) is 3.17. The van der Waals surface area contributed by atoms with E-state index in [4.69, 9.17) is 0 Å². The number of halogens is 1. The van der Waals surface area contributed by atoms with Crippen LogP contribution >= 0.6 is 15.9 Å². The van der Waals surface area contributed by atoms with Crippen molar-refractivity contribution in [2.24, 2.45) is 0 Å². The van der Waals surface area contributed by atoms with Crippen LogP contribution in [0, 0.1) is 0 Å². The molecule has 0 aliphatic rings. The number of aromatic carboxylic acids is 1. The maximum Gasteiger partial charge on any atom is 0.0878 e. The number of nitrogens with zero attached hydrogens (tertiary/aromatic N) is 1. The molecule has 13 heavy (non-hydrogen) atoms. The monoisotopic (exact) mass is 239 g/mol. The topological polar surface area (TPSA) is 68.8 Å². The van der Waals surface area contributed by atoms with Gasteiger partial charge in [0.15, 0.2) is 0 Å². The molecule has 0 atom stereocenters. The predicted octanol–water partition coefficient (Wildman–Crippen LogP) is 0.689. The fourth-order valence-electron chi connectivity index (χ4n) is 1.13. The Hall–Kier alpha value is -1.36. The molecule has 4 nitrogen and oxygen atoms in total. The van der Waals surface area contributed by atoms with Gasteiger partial charge in [0.25, 0.3) is 0 Å². The smallest absolute Gasteiger partial charge is 0.0878 e. The fourth-order valence-corrected chi connectivity index (χ4v) is 1.57. The number of carbonyl (C=O) groups is 1. The van der Waals surface area contributed by atoms with Crippen LogP contribution in [-0.4, -0.2) is 15.9 Å². The van der Waals surface area contributed by atoms with E-state index in [1.54, 1.807) is 12.4 Å². The second kappa shape index (κ2) is 2.85. The minimum absolute atomic E-state index is 0.0590. The van der Waals surface area contributed by atoms with Crippen molar-refractivity contribution in [2.45, 2.75) is 0 Å². The molecule has 0 fully saturated rings. The van der Waals surface area contributed by atoms with Gasteiger partial charge in [-0.05, 0) is 22.0 Å². The van der Waals surface area contributed by atoms with Gasteiger partial charge < -0.3 is 14.9 Å². The van der Waals surface area contributed by atoms with E-state index < -0.39 is 5.97 Å². The first kappa shape index (κ1) is 8.25. The summed E-state index contributed by atoms with van der Waals surface area (Å²) >= 11 is 3.26. The predicted molar refractivity (Wildman–Crippen MR) is 48.1 cm³/mol. The van der Waals surface area contributed by atoms with Crippen LogP contribution in [0.3, 0.4) is 0 Å². The lowest BCUT2D eigenvalue weighted by Crippen LogP contribution is -2.22. The Morgan fingerprint density at radius 1 is 1.54 bits per heavy atom. The summed E-state index contributed by atoms with van der Waals surface area (Å²) in [6.45, 7) is 0. The number of hydrogen-bond donors (Lipinski definition) is 1. The Morgan fingerprint density at radius 3 is 2.92 bits per heavy atom. The minimum atomic E-state index is -1.22. The zero-order chi connectivity index (χ0) is 9.42. The highest BCUT2D eigenvalue weighted by atomic mass is 79.9. The van der Waals surface area contributed by atoms with Crippen LogP contribution in [0.2, 0.25) is 0 Å². The Morgan fingerprint density at radius 2 is 2.31 bits per heavy atom. The summed E-state index contributed by atoms with van der Waals surface area (Å²) in [5, 5.41) is 11.3. The molecular formula is C8H4BrN2O2-. The van der Waals surface area contributed by atoms with E-state index in [1.807, 2.05) is 0 Å². The Bertz CT molecular complexity index is 478. The standard InChI is InChI=1S/C8H5BrN2O2/c9-5-2-10-3-7-4(5)1-6(11-7)8(12)13/h1-3,11H,(H,12,13)/p-1. The number of carboxylic acids is 1. The minimum Gasteiger partial charge on any atom is -0.543 e. The van der Waals surface area contributed by atoms with Crippen LogP contribution in [-0.2, 0) is 0 Å². The maximum absolute atomic E-state index is 10.5. The van der Waals surface area contributed by atoms with Crippen molar-refractivity contribution in [1.29, 1.82) is 0 Å². The second-order valence-corrected chi connectivity index (χ2v) is 3.41. The van der Waals surface area contributed by atoms with Gasteiger partial charge in [0.2, 0.25) is 0 Å². The van der Waals surface area contributed by atoms with E-state index in [-0.39, 0.29) is 5.69 Å². The number of pyridine rings is 1. The summed E-state index contributed by atoms with van der Waals surface area (Å²) in [5.41, 5.74) is 0.734. The van der Waals surface area contributed by atoms with E-state index in [0.717, 1.165) is 9.86 Å². The molecule has 1 N–H and O–H groups in total. The molecule has 66 valence electrons. The van der Waals surface area contributed by atoms with Gasteiger partial charge in [-0.3, -0.25) is 4.98 Å². The van der Waals surface area contributed by atoms with Crippen molar-refractivity contribution in [3.63, 3.8) is 0 Å². The number of H-pyrrole nitrogens is 1. The van der Waals surface area contributed by atoms with Gasteiger partial charge in [0.05, 0.1) is 23.4 Å². The molecular weight excluding hydrogens is 236 g/mol. The fraction of sp³-hybridized carbons (Fsp3) is 0. The molecule has 2 aromatic heterocycles. The van der Waals surface area contributed by atoms with E-state index in [9.17, 15) is 9.90 Å². The summed E-state index contributed by atoms with van der Waals surface area (Å²) in [7, 11) is 0. The molecule has 0 spiro atoms. The van der Waals surface area contributed by atoms with E-state index in [2.05, 4.69) is 25.9 Å². The quantitative estimate of drug-likeness (QED) is 0.797. The SMILES string of the molecule is O=C([O-])c1cc2c(Br)cncc2[nH]1. The number of aromatic nitrogens is 2. The summed E-state index contributed by atoms with van der Waals surface area (Å²) in [5.74, 6) is -1.22. The Labute approximate surface area is 81.7 Å². The largest absolute Gasteiger partial charge is 0.543 e. The summed E-state index contributed by atoms with van der Waals surface area (Å²) in [4.78, 5) is 17.1. The van der Waals surface area contributed by atoms with Crippen LogP contribution in [0.25, 0.3) is 10.9 Å². The van der Waals surface area contributed by atoms with Crippen molar-refractivity contribution in [2.75, 3.05) is 0 Å². The highest BCUT2D eigenvalue weighted by molar-refractivity contribution is 9.10. The number of aromatic amines is 1. The van der Waals surface area contributed by atoms with E-state index >= 15 is 0 Å². The average Bonchev–Trinajstić information content (AvgIpc) is 2.49. The van der Waals surface area contributed by atoms with Crippen LogP contribution in [0.1, 0.15) is 10.5 Å². The van der Waals surface area contributed by atoms with Gasteiger partial charge in [0.1, 0.15) is 0 Å². The van der Waals surface area contributed by atoms with Crippen molar-refractivity contribution in [1.82, 2.24) is 9.97 Å². The number of carbonyl (C=O) groups excluding carboxylic acids is 1. The summed E-state index contributed by atoms with van der Waals surface area (Å²) < 4.78 is 0.758. The molecule has 2 aromatic rings. The zero-order valence-corrected chi connectivity index (χ0v) is 7.96. The average molecular weight is 240 g/mol. The van der Waals surface area contributed by atoms with Crippen LogP contribution in [0.5, 0.6) is 0 Å². The third-order valence-corrected chi connectivity index (χ3v) is 2.35. The molecule has 2 heterocycles. The Kier molecular flexibility index (Phi) is 1.81. The molecule has 0 unspecified atom stereocenters. The second-order valence-electron chi connectivity index (χ2n) is 2.55. The van der Waals surface area contributed by atoms with Gasteiger partial charge in [-0.1, -0.05) is 0 Å². The molecule has 0 amide bonds. The van der Waals surface area contributed by atoms with Gasteiger partial charge in [-0.2, -0.15) is 0 Å². The van der Waals surface area contributed by atoms with Crippen molar-refractivity contribution >= 4 is 32.8 Å². The Balaban J connectivity index is 2.75. The van der Waals surface area contributed by atoms with Crippen LogP contribution in [0.4, 0.5) is 0 Å². The van der Waals surface area contributed by atoms with Gasteiger partial charge in [-0.25, -0.2) is 0 Å². The molecule has 0 aliphatic heterocycles. The number of rotatable bonds is 1. The molecule has 0 saturated carbocycles. The molecule has 0 radical (unpaired) electrons. The van der Waals surface area contributed by atoms with Crippen molar-refractivity contribution in [3.05, 3.63) is 28.6 Å². The van der Waals surface area contributed by atoms with Crippen LogP contribution < -0.4 is 5.11 Å². The molecule has 0 saturated heterocycles. The lowest BCUT2D eigenvalue weighted by molar-refractivity contribution is -0.255. The normalized spacial score (nSPS) is 10.5.